The Balaban J connectivity index is 1.75. The van der Waals surface area contributed by atoms with Gasteiger partial charge in [0.05, 0.1) is 23.0 Å². The molecule has 2 aromatic carbocycles. The molecule has 2 aromatic rings. The van der Waals surface area contributed by atoms with Crippen molar-refractivity contribution in [2.75, 3.05) is 0 Å². The molecule has 2 unspecified atom stereocenters. The normalized spacial score (nSPS) is 21.3. The third-order valence-corrected chi connectivity index (χ3v) is 6.74. The van der Waals surface area contributed by atoms with E-state index in [1.807, 2.05) is 50.3 Å². The first kappa shape index (κ1) is 22.7. The number of nitrogens with two attached hydrogens (primary N) is 2. The first-order valence-corrected chi connectivity index (χ1v) is 11.1. The molecule has 0 radical (unpaired) electrons. The molecule has 5 rings (SSSR count). The number of Topliss-reactive ketones (excluding diaryl/α,β-unsaturated/α-hetero) is 2. The van der Waals surface area contributed by atoms with Crippen molar-refractivity contribution in [1.29, 1.82) is 10.5 Å². The zero-order valence-corrected chi connectivity index (χ0v) is 19.5. The summed E-state index contributed by atoms with van der Waals surface area (Å²) < 4.78 is 11.3. The van der Waals surface area contributed by atoms with E-state index in [0.717, 1.165) is 11.1 Å². The summed E-state index contributed by atoms with van der Waals surface area (Å²) in [7, 11) is 0. The molecule has 0 bridgehead atoms. The Hall–Kier alpha value is -5.08. The molecule has 1 aliphatic carbocycles. The van der Waals surface area contributed by atoms with Gasteiger partial charge >= 0.3 is 0 Å². The summed E-state index contributed by atoms with van der Waals surface area (Å²) in [6.45, 7) is 3.67. The van der Waals surface area contributed by atoms with E-state index in [-0.39, 0.29) is 45.6 Å². The summed E-state index contributed by atoms with van der Waals surface area (Å²) in [5.41, 5.74) is 15.0. The van der Waals surface area contributed by atoms with Crippen LogP contribution in [-0.2, 0) is 19.1 Å². The Kier molecular flexibility index (Phi) is 5.23. The van der Waals surface area contributed by atoms with Gasteiger partial charge in [-0.1, -0.05) is 48.5 Å². The van der Waals surface area contributed by atoms with E-state index in [1.165, 1.54) is 0 Å². The summed E-state index contributed by atoms with van der Waals surface area (Å²) in [4.78, 5) is 28.0. The molecule has 8 nitrogen and oxygen atoms in total. The highest BCUT2D eigenvalue weighted by Gasteiger charge is 2.50. The molecular weight excluding hydrogens is 456 g/mol. The fourth-order valence-electron chi connectivity index (χ4n) is 5.01. The topological polar surface area (TPSA) is 152 Å². The average molecular weight is 476 g/mol. The minimum Gasteiger partial charge on any atom is -0.436 e. The van der Waals surface area contributed by atoms with Crippen LogP contribution in [-0.4, -0.2) is 11.6 Å². The third-order valence-electron chi connectivity index (χ3n) is 6.74. The second-order valence-electron chi connectivity index (χ2n) is 8.71. The molecule has 0 spiro atoms. The van der Waals surface area contributed by atoms with E-state index in [4.69, 9.17) is 20.9 Å². The quantitative estimate of drug-likeness (QED) is 0.626. The monoisotopic (exact) mass is 476 g/mol. The van der Waals surface area contributed by atoms with Gasteiger partial charge in [-0.3, -0.25) is 9.59 Å². The highest BCUT2D eigenvalue weighted by molar-refractivity contribution is 6.25. The average Bonchev–Trinajstić information content (AvgIpc) is 2.86. The maximum Gasteiger partial charge on any atom is 0.229 e. The molecule has 2 aliphatic heterocycles. The van der Waals surface area contributed by atoms with Crippen molar-refractivity contribution in [2.24, 2.45) is 11.5 Å². The van der Waals surface area contributed by atoms with Crippen molar-refractivity contribution >= 4 is 11.6 Å². The van der Waals surface area contributed by atoms with Crippen LogP contribution in [0.15, 0.2) is 94.1 Å². The number of aryl methyl sites for hydroxylation is 2. The van der Waals surface area contributed by atoms with Crippen LogP contribution in [0.1, 0.15) is 34.1 Å². The molecule has 36 heavy (non-hydrogen) atoms. The second-order valence-corrected chi connectivity index (χ2v) is 8.71. The number of benzene rings is 2. The first-order valence-electron chi connectivity index (χ1n) is 11.1. The number of hydrogen-bond donors (Lipinski definition) is 2. The molecule has 8 heteroatoms. The first-order chi connectivity index (χ1) is 17.3. The van der Waals surface area contributed by atoms with Crippen LogP contribution < -0.4 is 11.5 Å². The van der Waals surface area contributed by atoms with Crippen molar-refractivity contribution in [1.82, 2.24) is 0 Å². The van der Waals surface area contributed by atoms with E-state index in [9.17, 15) is 20.1 Å². The number of ketones is 2. The lowest BCUT2D eigenvalue weighted by Crippen LogP contribution is -2.38. The van der Waals surface area contributed by atoms with Gasteiger partial charge in [0, 0.05) is 0 Å². The molecule has 3 aliphatic rings. The predicted molar refractivity (Wildman–Crippen MR) is 128 cm³/mol. The molecule has 0 saturated carbocycles. The summed E-state index contributed by atoms with van der Waals surface area (Å²) >= 11 is 0. The molecular formula is C28H20N4O4. The van der Waals surface area contributed by atoms with Gasteiger partial charge in [0.15, 0.2) is 11.5 Å². The minimum atomic E-state index is -0.937. The van der Waals surface area contributed by atoms with E-state index in [1.54, 1.807) is 24.3 Å². The van der Waals surface area contributed by atoms with Gasteiger partial charge in [-0.15, -0.1) is 0 Å². The number of nitrogens with zero attached hydrogens (tertiary/aromatic N) is 2. The van der Waals surface area contributed by atoms with Crippen LogP contribution in [0, 0.1) is 36.5 Å². The lowest BCUT2D eigenvalue weighted by molar-refractivity contribution is -0.121. The molecule has 0 amide bonds. The lowest BCUT2D eigenvalue weighted by atomic mass is 9.71. The van der Waals surface area contributed by atoms with Crippen LogP contribution in [0.3, 0.4) is 0 Å². The van der Waals surface area contributed by atoms with Gasteiger partial charge in [-0.05, 0) is 36.1 Å². The zero-order valence-electron chi connectivity index (χ0n) is 19.5. The summed E-state index contributed by atoms with van der Waals surface area (Å²) in [6, 6.07) is 18.5. The summed E-state index contributed by atoms with van der Waals surface area (Å²) in [6.07, 6.45) is 0. The van der Waals surface area contributed by atoms with Crippen molar-refractivity contribution in [2.45, 2.75) is 25.7 Å². The second kappa shape index (κ2) is 8.30. The molecule has 2 atom stereocenters. The number of rotatable bonds is 2. The molecule has 2 heterocycles. The van der Waals surface area contributed by atoms with Crippen molar-refractivity contribution in [3.05, 3.63) is 116 Å². The number of allylic oxidation sites excluding steroid dienone is 4. The number of carbonyl (C=O) groups excluding carboxylic acids is 2. The predicted octanol–water partition coefficient (Wildman–Crippen LogP) is 3.28. The van der Waals surface area contributed by atoms with Crippen molar-refractivity contribution in [3.8, 4) is 12.1 Å². The standard InChI is InChI=1S/C28H20N4O4/c1-13-7-3-5-9-15(13)19-17(11-29)27(31)35-25-21(19)23(33)26-22(24(25)34)20(18(12-30)28(32)36-26)16-10-6-4-8-14(16)2/h3-10,19-20H,31-32H2,1-2H3. The van der Waals surface area contributed by atoms with Crippen LogP contribution in [0.2, 0.25) is 0 Å². The number of nitriles is 2. The molecule has 0 fully saturated rings. The lowest BCUT2D eigenvalue weighted by Gasteiger charge is -2.36. The fourth-order valence-corrected chi connectivity index (χ4v) is 5.01. The highest BCUT2D eigenvalue weighted by atomic mass is 16.5. The summed E-state index contributed by atoms with van der Waals surface area (Å²) in [5.74, 6) is -4.23. The van der Waals surface area contributed by atoms with Gasteiger partial charge < -0.3 is 20.9 Å². The van der Waals surface area contributed by atoms with Gasteiger partial charge in [0.1, 0.15) is 23.3 Å². The van der Waals surface area contributed by atoms with Crippen molar-refractivity contribution < 1.29 is 19.1 Å². The Morgan fingerprint density at radius 2 is 1.06 bits per heavy atom. The van der Waals surface area contributed by atoms with Crippen LogP contribution in [0.25, 0.3) is 0 Å². The van der Waals surface area contributed by atoms with Gasteiger partial charge in [-0.2, -0.15) is 10.5 Å². The summed E-state index contributed by atoms with van der Waals surface area (Å²) in [5, 5.41) is 19.8. The largest absolute Gasteiger partial charge is 0.436 e. The Morgan fingerprint density at radius 1 is 0.694 bits per heavy atom. The smallest absolute Gasteiger partial charge is 0.229 e. The van der Waals surface area contributed by atoms with Crippen LogP contribution >= 0.6 is 0 Å². The Labute approximate surface area is 207 Å². The van der Waals surface area contributed by atoms with E-state index in [2.05, 4.69) is 0 Å². The van der Waals surface area contributed by atoms with Gasteiger partial charge in [0.2, 0.25) is 23.3 Å². The zero-order chi connectivity index (χ0) is 25.7. The van der Waals surface area contributed by atoms with Crippen molar-refractivity contribution in [3.63, 3.8) is 0 Å². The maximum absolute atomic E-state index is 14.0. The Bertz CT molecular complexity index is 1470. The third kappa shape index (κ3) is 3.13. The Morgan fingerprint density at radius 3 is 1.39 bits per heavy atom. The van der Waals surface area contributed by atoms with E-state index >= 15 is 0 Å². The van der Waals surface area contributed by atoms with Crippen LogP contribution in [0.4, 0.5) is 0 Å². The maximum atomic E-state index is 14.0. The molecule has 0 aromatic heterocycles. The van der Waals surface area contributed by atoms with Gasteiger partial charge in [-0.25, -0.2) is 0 Å². The minimum absolute atomic E-state index is 0.0146. The van der Waals surface area contributed by atoms with E-state index < -0.39 is 23.4 Å². The molecule has 4 N–H and O–H groups in total. The molecule has 0 saturated heterocycles. The fraction of sp³-hybridized carbons (Fsp3) is 0.143. The molecule has 176 valence electrons. The van der Waals surface area contributed by atoms with Crippen LogP contribution in [0.5, 0.6) is 0 Å². The SMILES string of the molecule is Cc1ccccc1C1C(C#N)=C(N)OC2=C1C(=O)C1=C(C2=O)C(c2ccccc2C)C(C#N)=C(N)O1. The van der Waals surface area contributed by atoms with E-state index in [0.29, 0.717) is 11.1 Å². The number of hydrogen-bond acceptors (Lipinski definition) is 8. The number of carbonyl (C=O) groups is 2. The highest BCUT2D eigenvalue weighted by Crippen LogP contribution is 2.50. The number of ether oxygens (including phenoxy) is 2. The van der Waals surface area contributed by atoms with Gasteiger partial charge in [0.25, 0.3) is 0 Å².